The summed E-state index contributed by atoms with van der Waals surface area (Å²) < 4.78 is 20.8. The average molecular weight is 568 g/mol. The molecule has 0 spiro atoms. The summed E-state index contributed by atoms with van der Waals surface area (Å²) in [5.74, 6) is -0.659. The third kappa shape index (κ3) is 6.52. The minimum Gasteiger partial charge on any atom is -0.496 e. The van der Waals surface area contributed by atoms with Gasteiger partial charge in [0, 0.05) is 18.7 Å². The van der Waals surface area contributed by atoms with E-state index in [0.717, 1.165) is 24.4 Å². The van der Waals surface area contributed by atoms with Crippen molar-refractivity contribution >= 4 is 34.9 Å². The van der Waals surface area contributed by atoms with Crippen molar-refractivity contribution in [3.8, 4) is 11.5 Å². The van der Waals surface area contributed by atoms with Crippen molar-refractivity contribution in [3.63, 3.8) is 0 Å². The van der Waals surface area contributed by atoms with Crippen LogP contribution in [0, 0.1) is 0 Å². The van der Waals surface area contributed by atoms with Crippen molar-refractivity contribution in [1.29, 1.82) is 0 Å². The molecule has 12 heteroatoms. The third-order valence-electron chi connectivity index (χ3n) is 6.54. The smallest absolute Gasteiger partial charge is 0.270 e. The van der Waals surface area contributed by atoms with Crippen LogP contribution in [0.4, 0.5) is 5.69 Å². The van der Waals surface area contributed by atoms with Gasteiger partial charge in [-0.1, -0.05) is 30.3 Å². The lowest BCUT2D eigenvalue weighted by molar-refractivity contribution is -0.126. The first kappa shape index (κ1) is 28.8. The molecule has 0 radical (unpaired) electrons. The van der Waals surface area contributed by atoms with Gasteiger partial charge in [-0.15, -0.1) is 0 Å². The number of benzene rings is 2. The fraction of sp³-hybridized carbons (Fsp3) is 0.357. The molecule has 1 aliphatic rings. The molecule has 1 aliphatic heterocycles. The maximum Gasteiger partial charge on any atom is 0.270 e. The fourth-order valence-electron chi connectivity index (χ4n) is 4.56. The van der Waals surface area contributed by atoms with E-state index in [9.17, 15) is 14.4 Å². The summed E-state index contributed by atoms with van der Waals surface area (Å²) in [6, 6.07) is 13.1. The summed E-state index contributed by atoms with van der Waals surface area (Å²) in [5, 5.41) is 2.96. The number of amides is 3. The highest BCUT2D eigenvalue weighted by Crippen LogP contribution is 2.32. The van der Waals surface area contributed by atoms with E-state index in [2.05, 4.69) is 9.69 Å². The molecular weight excluding hydrogens is 534 g/mol. The largest absolute Gasteiger partial charge is 0.496 e. The van der Waals surface area contributed by atoms with Gasteiger partial charge in [0.05, 0.1) is 32.1 Å². The number of hydrogen-bond acceptors (Lipinski definition) is 9. The number of carbonyl (C=O) groups excluding carboxylic acids is 3. The highest BCUT2D eigenvalue weighted by molar-refractivity contribution is 7.09. The molecular formula is C28H33N5O6S. The van der Waals surface area contributed by atoms with Crippen LogP contribution in [0.15, 0.2) is 48.5 Å². The number of primary amides is 1. The Labute approximate surface area is 236 Å². The van der Waals surface area contributed by atoms with Crippen molar-refractivity contribution in [2.24, 2.45) is 5.73 Å². The van der Waals surface area contributed by atoms with Gasteiger partial charge in [-0.3, -0.25) is 14.4 Å². The van der Waals surface area contributed by atoms with Gasteiger partial charge >= 0.3 is 0 Å². The van der Waals surface area contributed by atoms with E-state index in [-0.39, 0.29) is 28.9 Å². The molecule has 212 valence electrons. The van der Waals surface area contributed by atoms with E-state index in [1.807, 2.05) is 25.1 Å². The lowest BCUT2D eigenvalue weighted by Gasteiger charge is -2.32. The second-order valence-electron chi connectivity index (χ2n) is 9.17. The minimum atomic E-state index is -1.08. The van der Waals surface area contributed by atoms with E-state index in [1.54, 1.807) is 30.3 Å². The molecule has 2 heterocycles. The molecule has 2 atom stereocenters. The fourth-order valence-corrected chi connectivity index (χ4v) is 5.32. The Bertz CT molecular complexity index is 1340. The molecule has 3 amide bonds. The molecule has 1 aromatic heterocycles. The molecule has 11 nitrogen and oxygen atoms in total. The Morgan fingerprint density at radius 3 is 2.58 bits per heavy atom. The number of para-hydroxylation sites is 1. The van der Waals surface area contributed by atoms with E-state index < -0.39 is 23.8 Å². The molecule has 40 heavy (non-hydrogen) atoms. The Morgan fingerprint density at radius 1 is 1.20 bits per heavy atom. The van der Waals surface area contributed by atoms with E-state index in [0.29, 0.717) is 42.4 Å². The van der Waals surface area contributed by atoms with Crippen LogP contribution in [0.5, 0.6) is 11.5 Å². The summed E-state index contributed by atoms with van der Waals surface area (Å²) >= 11 is 0.759. The first-order valence-electron chi connectivity index (χ1n) is 12.9. The van der Waals surface area contributed by atoms with Crippen LogP contribution in [0.3, 0.4) is 0 Å². The average Bonchev–Trinajstić information content (AvgIpc) is 3.62. The summed E-state index contributed by atoms with van der Waals surface area (Å²) in [6.45, 7) is 3.31. The summed E-state index contributed by atoms with van der Waals surface area (Å²) in [6.07, 6.45) is 1.66. The number of nitrogen functional groups attached to an aromatic ring is 1. The molecule has 1 saturated heterocycles. The molecule has 4 rings (SSSR count). The second kappa shape index (κ2) is 13.3. The van der Waals surface area contributed by atoms with Gasteiger partial charge in [0.2, 0.25) is 5.91 Å². The normalized spacial score (nSPS) is 15.3. The maximum absolute atomic E-state index is 14.1. The van der Waals surface area contributed by atoms with Crippen molar-refractivity contribution in [2.45, 2.75) is 38.5 Å². The van der Waals surface area contributed by atoms with Crippen LogP contribution in [0.1, 0.15) is 57.1 Å². The first-order chi connectivity index (χ1) is 19.3. The Hall–Kier alpha value is -4.16. The highest BCUT2D eigenvalue weighted by Gasteiger charge is 2.36. The predicted octanol–water partition coefficient (Wildman–Crippen LogP) is 2.91. The summed E-state index contributed by atoms with van der Waals surface area (Å²) in [7, 11) is 1.53. The Kier molecular flexibility index (Phi) is 9.56. The number of rotatable bonds is 12. The third-order valence-corrected chi connectivity index (χ3v) is 7.40. The standard InChI is InChI=1S/C28H33N5O6S/c1-3-38-19-12-10-17(11-13-19)24(27(35)31-15-20-8-6-14-39-20)33(16-18-7-4-5-9-21(18)37-2)28(36)25-22(29)23(26(30)34)32-40-25/h4-5,7,9-13,20,24H,3,6,8,14-16,29H2,1-2H3,(H2,30,34)(H,31,35). The minimum absolute atomic E-state index is 0.00266. The van der Waals surface area contributed by atoms with Gasteiger partial charge in [-0.2, -0.15) is 4.37 Å². The number of carbonyl (C=O) groups is 3. The predicted molar refractivity (Wildman–Crippen MR) is 150 cm³/mol. The lowest BCUT2D eigenvalue weighted by atomic mass is 10.0. The maximum atomic E-state index is 14.1. The molecule has 1 fully saturated rings. The van der Waals surface area contributed by atoms with Gasteiger partial charge in [0.25, 0.3) is 11.8 Å². The monoisotopic (exact) mass is 567 g/mol. The van der Waals surface area contributed by atoms with Crippen molar-refractivity contribution in [1.82, 2.24) is 14.6 Å². The number of nitrogens with one attached hydrogen (secondary N) is 1. The van der Waals surface area contributed by atoms with E-state index in [1.165, 1.54) is 12.0 Å². The zero-order valence-corrected chi connectivity index (χ0v) is 23.2. The lowest BCUT2D eigenvalue weighted by Crippen LogP contribution is -2.45. The molecule has 0 aliphatic carbocycles. The van der Waals surface area contributed by atoms with Crippen molar-refractivity contribution < 1.29 is 28.6 Å². The van der Waals surface area contributed by atoms with E-state index in [4.69, 9.17) is 25.7 Å². The first-order valence-corrected chi connectivity index (χ1v) is 13.7. The second-order valence-corrected chi connectivity index (χ2v) is 9.94. The van der Waals surface area contributed by atoms with Crippen LogP contribution < -0.4 is 26.3 Å². The molecule has 5 N–H and O–H groups in total. The van der Waals surface area contributed by atoms with Crippen LogP contribution in [-0.4, -0.2) is 60.0 Å². The quantitative estimate of drug-likeness (QED) is 0.301. The van der Waals surface area contributed by atoms with Crippen LogP contribution >= 0.6 is 11.5 Å². The molecule has 2 unspecified atom stereocenters. The van der Waals surface area contributed by atoms with Crippen molar-refractivity contribution in [3.05, 3.63) is 70.2 Å². The zero-order chi connectivity index (χ0) is 28.6. The number of aromatic nitrogens is 1. The zero-order valence-electron chi connectivity index (χ0n) is 22.4. The Morgan fingerprint density at radius 2 is 1.95 bits per heavy atom. The number of nitrogens with two attached hydrogens (primary N) is 2. The molecule has 0 bridgehead atoms. The van der Waals surface area contributed by atoms with Crippen molar-refractivity contribution in [2.75, 3.05) is 32.6 Å². The van der Waals surface area contributed by atoms with Gasteiger partial charge in [-0.25, -0.2) is 0 Å². The molecule has 2 aromatic carbocycles. The topological polar surface area (TPSA) is 159 Å². The SMILES string of the molecule is CCOc1ccc(C(C(=O)NCC2CCCO2)N(Cc2ccccc2OC)C(=O)c2snc(C(N)=O)c2N)cc1. The molecule has 0 saturated carbocycles. The number of ether oxygens (including phenoxy) is 3. The number of methoxy groups -OCH3 is 1. The summed E-state index contributed by atoms with van der Waals surface area (Å²) in [4.78, 5) is 41.3. The van der Waals surface area contributed by atoms with Crippen LogP contribution in [0.25, 0.3) is 0 Å². The number of nitrogens with zero attached hydrogens (tertiary/aromatic N) is 2. The van der Waals surface area contributed by atoms with Crippen LogP contribution in [0.2, 0.25) is 0 Å². The van der Waals surface area contributed by atoms with Gasteiger partial charge in [0.1, 0.15) is 22.4 Å². The summed E-state index contributed by atoms with van der Waals surface area (Å²) in [5.41, 5.74) is 12.4. The Balaban J connectivity index is 1.78. The highest BCUT2D eigenvalue weighted by atomic mass is 32.1. The van der Waals surface area contributed by atoms with Gasteiger partial charge < -0.3 is 35.9 Å². The molecule has 3 aromatic rings. The van der Waals surface area contributed by atoms with Crippen LogP contribution in [-0.2, 0) is 16.1 Å². The van der Waals surface area contributed by atoms with Gasteiger partial charge in [0.15, 0.2) is 5.69 Å². The van der Waals surface area contributed by atoms with E-state index >= 15 is 0 Å². The van der Waals surface area contributed by atoms with Gasteiger partial charge in [-0.05, 0) is 55.1 Å². The number of hydrogen-bond donors (Lipinski definition) is 3. The number of anilines is 1.